The predicted molar refractivity (Wildman–Crippen MR) is 81.4 cm³/mol. The standard InChI is InChI=1S/C14H17N3OS/c1-9(18)13-12(16-14(15-2)19-13)10-6-5-7-11(8-10)17(3)4/h5-8H,1-4H3,(H,15,16). The zero-order valence-electron chi connectivity index (χ0n) is 11.5. The third-order valence-corrected chi connectivity index (χ3v) is 3.97. The summed E-state index contributed by atoms with van der Waals surface area (Å²) in [5.41, 5.74) is 2.81. The topological polar surface area (TPSA) is 45.2 Å². The van der Waals surface area contributed by atoms with E-state index < -0.39 is 0 Å². The molecule has 0 radical (unpaired) electrons. The average molecular weight is 275 g/mol. The molecule has 1 aromatic heterocycles. The summed E-state index contributed by atoms with van der Waals surface area (Å²) in [4.78, 5) is 18.9. The second-order valence-electron chi connectivity index (χ2n) is 4.45. The Morgan fingerprint density at radius 3 is 2.68 bits per heavy atom. The van der Waals surface area contributed by atoms with Crippen molar-refractivity contribution in [1.82, 2.24) is 4.98 Å². The second-order valence-corrected chi connectivity index (χ2v) is 5.45. The summed E-state index contributed by atoms with van der Waals surface area (Å²) in [6.45, 7) is 1.58. The molecule has 2 aromatic rings. The van der Waals surface area contributed by atoms with Crippen LogP contribution in [0, 0.1) is 0 Å². The van der Waals surface area contributed by atoms with E-state index in [0.29, 0.717) is 4.88 Å². The Kier molecular flexibility index (Phi) is 3.85. The highest BCUT2D eigenvalue weighted by Crippen LogP contribution is 2.32. The van der Waals surface area contributed by atoms with E-state index in [9.17, 15) is 4.79 Å². The maximum absolute atomic E-state index is 11.7. The largest absolute Gasteiger partial charge is 0.378 e. The fraction of sp³-hybridized carbons (Fsp3) is 0.286. The number of thiazole rings is 1. The summed E-state index contributed by atoms with van der Waals surface area (Å²) < 4.78 is 0. The van der Waals surface area contributed by atoms with Crippen LogP contribution in [0.25, 0.3) is 11.3 Å². The van der Waals surface area contributed by atoms with Gasteiger partial charge >= 0.3 is 0 Å². The van der Waals surface area contributed by atoms with Crippen molar-refractivity contribution < 1.29 is 4.79 Å². The number of carbonyl (C=O) groups is 1. The van der Waals surface area contributed by atoms with Crippen LogP contribution >= 0.6 is 11.3 Å². The van der Waals surface area contributed by atoms with Crippen LogP contribution in [-0.4, -0.2) is 31.9 Å². The molecule has 0 atom stereocenters. The molecule has 2 rings (SSSR count). The van der Waals surface area contributed by atoms with Gasteiger partial charge in [0.05, 0.1) is 10.6 Å². The third-order valence-electron chi connectivity index (χ3n) is 2.80. The molecule has 1 N–H and O–H groups in total. The zero-order valence-corrected chi connectivity index (χ0v) is 12.3. The summed E-state index contributed by atoms with van der Waals surface area (Å²) in [5.74, 6) is 0.0456. The number of nitrogens with one attached hydrogen (secondary N) is 1. The maximum atomic E-state index is 11.7. The van der Waals surface area contributed by atoms with Crippen molar-refractivity contribution in [3.8, 4) is 11.3 Å². The number of nitrogens with zero attached hydrogens (tertiary/aromatic N) is 2. The van der Waals surface area contributed by atoms with Gasteiger partial charge in [-0.1, -0.05) is 23.5 Å². The molecule has 0 aliphatic carbocycles. The summed E-state index contributed by atoms with van der Waals surface area (Å²) in [6.07, 6.45) is 0. The quantitative estimate of drug-likeness (QED) is 0.871. The number of hydrogen-bond donors (Lipinski definition) is 1. The van der Waals surface area contributed by atoms with Crippen LogP contribution in [0.1, 0.15) is 16.6 Å². The van der Waals surface area contributed by atoms with Crippen LogP contribution in [0.4, 0.5) is 10.8 Å². The highest BCUT2D eigenvalue weighted by Gasteiger charge is 2.16. The highest BCUT2D eigenvalue weighted by molar-refractivity contribution is 7.18. The van der Waals surface area contributed by atoms with E-state index in [-0.39, 0.29) is 5.78 Å². The van der Waals surface area contributed by atoms with E-state index in [1.807, 2.05) is 50.3 Å². The fourth-order valence-corrected chi connectivity index (χ4v) is 2.63. The smallest absolute Gasteiger partial charge is 0.183 e. The van der Waals surface area contributed by atoms with Crippen molar-refractivity contribution in [3.05, 3.63) is 29.1 Å². The van der Waals surface area contributed by atoms with Gasteiger partial charge in [0, 0.05) is 39.3 Å². The van der Waals surface area contributed by atoms with Crippen LogP contribution in [0.15, 0.2) is 24.3 Å². The van der Waals surface area contributed by atoms with Crippen molar-refractivity contribution in [1.29, 1.82) is 0 Å². The van der Waals surface area contributed by atoms with Crippen molar-refractivity contribution >= 4 is 27.9 Å². The minimum absolute atomic E-state index is 0.0456. The molecule has 1 heterocycles. The number of Topliss-reactive ketones (excluding diaryl/α,β-unsaturated/α-hetero) is 1. The van der Waals surface area contributed by atoms with Gasteiger partial charge in [-0.05, 0) is 12.1 Å². The first-order chi connectivity index (χ1) is 9.02. The van der Waals surface area contributed by atoms with E-state index in [0.717, 1.165) is 22.1 Å². The number of hydrogen-bond acceptors (Lipinski definition) is 5. The zero-order chi connectivity index (χ0) is 14.0. The van der Waals surface area contributed by atoms with E-state index in [1.54, 1.807) is 6.92 Å². The minimum atomic E-state index is 0.0456. The number of aromatic nitrogens is 1. The van der Waals surface area contributed by atoms with E-state index in [1.165, 1.54) is 11.3 Å². The van der Waals surface area contributed by atoms with Crippen LogP contribution in [0.3, 0.4) is 0 Å². The highest BCUT2D eigenvalue weighted by atomic mass is 32.1. The summed E-state index contributed by atoms with van der Waals surface area (Å²) >= 11 is 1.39. The Morgan fingerprint density at radius 1 is 1.37 bits per heavy atom. The number of benzene rings is 1. The summed E-state index contributed by atoms with van der Waals surface area (Å²) in [6, 6.07) is 8.03. The lowest BCUT2D eigenvalue weighted by molar-refractivity contribution is 0.102. The molecule has 0 spiro atoms. The van der Waals surface area contributed by atoms with Crippen molar-refractivity contribution in [3.63, 3.8) is 0 Å². The van der Waals surface area contributed by atoms with Crippen LogP contribution in [0.2, 0.25) is 0 Å². The lowest BCUT2D eigenvalue weighted by Gasteiger charge is -2.13. The molecule has 0 bridgehead atoms. The Bertz CT molecular complexity index is 604. The van der Waals surface area contributed by atoms with E-state index in [2.05, 4.69) is 10.3 Å². The minimum Gasteiger partial charge on any atom is -0.378 e. The number of ketones is 1. The van der Waals surface area contributed by atoms with Gasteiger partial charge in [-0.15, -0.1) is 0 Å². The Labute approximate surface area is 117 Å². The molecule has 0 aliphatic heterocycles. The lowest BCUT2D eigenvalue weighted by Crippen LogP contribution is -2.08. The Balaban J connectivity index is 2.54. The molecule has 0 saturated heterocycles. The first-order valence-electron chi connectivity index (χ1n) is 6.00. The van der Waals surface area contributed by atoms with E-state index >= 15 is 0 Å². The van der Waals surface area contributed by atoms with Gasteiger partial charge in [0.2, 0.25) is 0 Å². The van der Waals surface area contributed by atoms with Crippen molar-refractivity contribution in [2.45, 2.75) is 6.92 Å². The number of anilines is 2. The molecule has 0 aliphatic rings. The molecule has 100 valence electrons. The third kappa shape index (κ3) is 2.76. The molecule has 4 nitrogen and oxygen atoms in total. The van der Waals surface area contributed by atoms with Crippen molar-refractivity contribution in [2.75, 3.05) is 31.4 Å². The second kappa shape index (κ2) is 5.40. The number of rotatable bonds is 4. The molecule has 1 aromatic carbocycles. The van der Waals surface area contributed by atoms with Crippen molar-refractivity contribution in [2.24, 2.45) is 0 Å². The Hall–Kier alpha value is -1.88. The first-order valence-corrected chi connectivity index (χ1v) is 6.82. The number of carbonyl (C=O) groups excluding carboxylic acids is 1. The molecular weight excluding hydrogens is 258 g/mol. The van der Waals surface area contributed by atoms with Crippen LogP contribution in [0.5, 0.6) is 0 Å². The molecular formula is C14H17N3OS. The van der Waals surface area contributed by atoms with Gasteiger partial charge < -0.3 is 10.2 Å². The molecule has 0 amide bonds. The predicted octanol–water partition coefficient (Wildman–Crippen LogP) is 3.12. The fourth-order valence-electron chi connectivity index (χ4n) is 1.79. The normalized spacial score (nSPS) is 10.3. The molecule has 0 fully saturated rings. The summed E-state index contributed by atoms with van der Waals surface area (Å²) in [5, 5.41) is 3.75. The van der Waals surface area contributed by atoms with E-state index in [4.69, 9.17) is 0 Å². The van der Waals surface area contributed by atoms with Gasteiger partial charge in [-0.3, -0.25) is 4.79 Å². The molecule has 19 heavy (non-hydrogen) atoms. The van der Waals surface area contributed by atoms with Crippen LogP contribution < -0.4 is 10.2 Å². The van der Waals surface area contributed by atoms with Crippen LogP contribution in [-0.2, 0) is 0 Å². The molecule has 0 unspecified atom stereocenters. The first kappa shape index (κ1) is 13.5. The Morgan fingerprint density at radius 2 is 2.11 bits per heavy atom. The van der Waals surface area contributed by atoms with Gasteiger partial charge in [0.25, 0.3) is 0 Å². The average Bonchev–Trinajstić information content (AvgIpc) is 2.83. The maximum Gasteiger partial charge on any atom is 0.183 e. The van der Waals surface area contributed by atoms with Gasteiger partial charge in [0.1, 0.15) is 0 Å². The SMILES string of the molecule is CNc1nc(-c2cccc(N(C)C)c2)c(C(C)=O)s1. The molecule has 5 heteroatoms. The summed E-state index contributed by atoms with van der Waals surface area (Å²) in [7, 11) is 5.79. The molecule has 0 saturated carbocycles. The van der Waals surface area contributed by atoms with Gasteiger partial charge in [0.15, 0.2) is 10.9 Å². The lowest BCUT2D eigenvalue weighted by atomic mass is 10.1. The van der Waals surface area contributed by atoms with Gasteiger partial charge in [-0.25, -0.2) is 4.98 Å². The monoisotopic (exact) mass is 275 g/mol. The van der Waals surface area contributed by atoms with Gasteiger partial charge in [-0.2, -0.15) is 0 Å².